The van der Waals surface area contributed by atoms with Gasteiger partial charge < -0.3 is 10.2 Å². The molecule has 3 rings (SSSR count). The molecule has 116 valence electrons. The summed E-state index contributed by atoms with van der Waals surface area (Å²) in [5.74, 6) is -0.121. The van der Waals surface area contributed by atoms with Crippen molar-refractivity contribution in [2.75, 3.05) is 18.0 Å². The van der Waals surface area contributed by atoms with Crippen molar-refractivity contribution in [3.63, 3.8) is 0 Å². The van der Waals surface area contributed by atoms with Crippen molar-refractivity contribution in [3.05, 3.63) is 47.2 Å². The van der Waals surface area contributed by atoms with Gasteiger partial charge in [-0.25, -0.2) is 9.37 Å². The minimum Gasteiger partial charge on any atom is -0.352 e. The summed E-state index contributed by atoms with van der Waals surface area (Å²) >= 11 is 1.63. The molecule has 1 aliphatic heterocycles. The molecule has 1 aliphatic rings. The molecule has 22 heavy (non-hydrogen) atoms. The van der Waals surface area contributed by atoms with Crippen LogP contribution >= 0.6 is 11.3 Å². The Hall–Kier alpha value is -1.95. The Kier molecular flexibility index (Phi) is 4.68. The van der Waals surface area contributed by atoms with E-state index < -0.39 is 0 Å². The van der Waals surface area contributed by atoms with E-state index in [2.05, 4.69) is 15.2 Å². The maximum atomic E-state index is 12.8. The number of nitrogens with zero attached hydrogens (tertiary/aromatic N) is 2. The van der Waals surface area contributed by atoms with Crippen molar-refractivity contribution in [3.8, 4) is 0 Å². The number of aromatic nitrogens is 1. The lowest BCUT2D eigenvalue weighted by Gasteiger charge is -2.31. The van der Waals surface area contributed by atoms with Crippen LogP contribution in [-0.2, 0) is 11.3 Å². The third-order valence-electron chi connectivity index (χ3n) is 3.94. The van der Waals surface area contributed by atoms with Crippen molar-refractivity contribution in [1.29, 1.82) is 0 Å². The second kappa shape index (κ2) is 6.87. The molecule has 2 heterocycles. The number of anilines is 1. The van der Waals surface area contributed by atoms with E-state index in [4.69, 9.17) is 0 Å². The second-order valence-corrected chi connectivity index (χ2v) is 6.29. The van der Waals surface area contributed by atoms with Gasteiger partial charge in [-0.2, -0.15) is 0 Å². The molecule has 2 aromatic rings. The number of carbonyl (C=O) groups excluding carboxylic acids is 1. The van der Waals surface area contributed by atoms with Crippen LogP contribution in [-0.4, -0.2) is 24.0 Å². The Morgan fingerprint density at radius 3 is 2.68 bits per heavy atom. The Labute approximate surface area is 133 Å². The van der Waals surface area contributed by atoms with Crippen LogP contribution in [0.5, 0.6) is 0 Å². The topological polar surface area (TPSA) is 45.2 Å². The Morgan fingerprint density at radius 1 is 1.32 bits per heavy atom. The van der Waals surface area contributed by atoms with Crippen molar-refractivity contribution in [1.82, 2.24) is 10.3 Å². The van der Waals surface area contributed by atoms with Gasteiger partial charge in [-0.05, 0) is 30.5 Å². The molecule has 1 N–H and O–H groups in total. The van der Waals surface area contributed by atoms with Gasteiger partial charge >= 0.3 is 0 Å². The Bertz CT molecular complexity index is 607. The molecule has 4 nitrogen and oxygen atoms in total. The molecule has 0 aliphatic carbocycles. The van der Waals surface area contributed by atoms with Gasteiger partial charge in [0.25, 0.3) is 0 Å². The fourth-order valence-electron chi connectivity index (χ4n) is 2.64. The van der Waals surface area contributed by atoms with Crippen molar-refractivity contribution < 1.29 is 9.18 Å². The summed E-state index contributed by atoms with van der Waals surface area (Å²) in [4.78, 5) is 18.8. The molecule has 0 unspecified atom stereocenters. The van der Waals surface area contributed by atoms with Crippen LogP contribution in [0.1, 0.15) is 18.4 Å². The number of carbonyl (C=O) groups is 1. The van der Waals surface area contributed by atoms with Crippen LogP contribution in [0.2, 0.25) is 0 Å². The molecule has 1 fully saturated rings. The van der Waals surface area contributed by atoms with Crippen LogP contribution in [0.3, 0.4) is 0 Å². The molecule has 0 saturated carbocycles. The third kappa shape index (κ3) is 3.62. The Morgan fingerprint density at radius 2 is 2.05 bits per heavy atom. The lowest BCUT2D eigenvalue weighted by atomic mass is 9.96. The lowest BCUT2D eigenvalue weighted by molar-refractivity contribution is -0.125. The minimum absolute atomic E-state index is 0.0525. The summed E-state index contributed by atoms with van der Waals surface area (Å²) in [6.45, 7) is 2.18. The van der Waals surface area contributed by atoms with Gasteiger partial charge in [0.2, 0.25) is 5.91 Å². The van der Waals surface area contributed by atoms with E-state index in [1.807, 2.05) is 11.6 Å². The predicted molar refractivity (Wildman–Crippen MR) is 85.3 cm³/mol. The molecule has 0 radical (unpaired) electrons. The number of hydrogen-bond acceptors (Lipinski definition) is 4. The summed E-state index contributed by atoms with van der Waals surface area (Å²) < 4.78 is 12.8. The van der Waals surface area contributed by atoms with Gasteiger partial charge in [0.1, 0.15) is 5.82 Å². The standard InChI is InChI=1S/C16H18FN3OS/c17-14-3-1-12(2-4-14)11-19-15(21)13-5-8-20(9-6-13)16-18-7-10-22-16/h1-4,7,10,13H,5-6,8-9,11H2,(H,19,21). The average Bonchev–Trinajstić information content (AvgIpc) is 3.09. The molecule has 0 atom stereocenters. The van der Waals surface area contributed by atoms with Crippen molar-refractivity contribution in [2.24, 2.45) is 5.92 Å². The summed E-state index contributed by atoms with van der Waals surface area (Å²) in [6.07, 6.45) is 3.49. The highest BCUT2D eigenvalue weighted by Crippen LogP contribution is 2.24. The van der Waals surface area contributed by atoms with Gasteiger partial charge in [0, 0.05) is 37.1 Å². The maximum Gasteiger partial charge on any atom is 0.223 e. The zero-order valence-electron chi connectivity index (χ0n) is 12.2. The lowest BCUT2D eigenvalue weighted by Crippen LogP contribution is -2.40. The van der Waals surface area contributed by atoms with E-state index in [1.165, 1.54) is 12.1 Å². The summed E-state index contributed by atoms with van der Waals surface area (Å²) in [7, 11) is 0. The van der Waals surface area contributed by atoms with Gasteiger partial charge in [-0.15, -0.1) is 11.3 Å². The fraction of sp³-hybridized carbons (Fsp3) is 0.375. The SMILES string of the molecule is O=C(NCc1ccc(F)cc1)C1CCN(c2nccs2)CC1. The Balaban J connectivity index is 1.46. The van der Waals surface area contributed by atoms with Crippen LogP contribution in [0.25, 0.3) is 0 Å². The minimum atomic E-state index is -0.260. The number of piperidine rings is 1. The fourth-order valence-corrected chi connectivity index (χ4v) is 3.34. The van der Waals surface area contributed by atoms with Gasteiger partial charge in [-0.1, -0.05) is 12.1 Å². The first-order chi connectivity index (χ1) is 10.7. The molecule has 6 heteroatoms. The highest BCUT2D eigenvalue weighted by Gasteiger charge is 2.25. The van der Waals surface area contributed by atoms with E-state index in [9.17, 15) is 9.18 Å². The summed E-state index contributed by atoms with van der Waals surface area (Å²) in [6, 6.07) is 6.21. The number of benzene rings is 1. The number of amides is 1. The van der Waals surface area contributed by atoms with Crippen LogP contribution in [0.15, 0.2) is 35.8 Å². The molecular formula is C16H18FN3OS. The van der Waals surface area contributed by atoms with E-state index in [0.29, 0.717) is 6.54 Å². The third-order valence-corrected chi connectivity index (χ3v) is 4.77. The maximum absolute atomic E-state index is 12.8. The number of thiazole rings is 1. The molecule has 0 spiro atoms. The zero-order valence-corrected chi connectivity index (χ0v) is 13.0. The first-order valence-electron chi connectivity index (χ1n) is 7.39. The normalized spacial score (nSPS) is 15.8. The zero-order chi connectivity index (χ0) is 15.4. The predicted octanol–water partition coefficient (Wildman–Crippen LogP) is 2.82. The average molecular weight is 319 g/mol. The first-order valence-corrected chi connectivity index (χ1v) is 8.27. The van der Waals surface area contributed by atoms with Crippen LogP contribution in [0.4, 0.5) is 9.52 Å². The van der Waals surface area contributed by atoms with Crippen molar-refractivity contribution in [2.45, 2.75) is 19.4 Å². The van der Waals surface area contributed by atoms with Gasteiger partial charge in [0.05, 0.1) is 0 Å². The molecular weight excluding hydrogens is 301 g/mol. The van der Waals surface area contributed by atoms with Gasteiger partial charge in [-0.3, -0.25) is 4.79 Å². The van der Waals surface area contributed by atoms with Crippen LogP contribution in [0, 0.1) is 11.7 Å². The first kappa shape index (κ1) is 15.0. The number of nitrogens with one attached hydrogen (secondary N) is 1. The monoisotopic (exact) mass is 319 g/mol. The van der Waals surface area contributed by atoms with Gasteiger partial charge in [0.15, 0.2) is 5.13 Å². The molecule has 1 aromatic carbocycles. The smallest absolute Gasteiger partial charge is 0.223 e. The van der Waals surface area contributed by atoms with E-state index >= 15 is 0 Å². The molecule has 1 aromatic heterocycles. The highest BCUT2D eigenvalue weighted by atomic mass is 32.1. The van der Waals surface area contributed by atoms with Crippen molar-refractivity contribution >= 4 is 22.4 Å². The number of halogens is 1. The highest BCUT2D eigenvalue weighted by molar-refractivity contribution is 7.13. The number of hydrogen-bond donors (Lipinski definition) is 1. The second-order valence-electron chi connectivity index (χ2n) is 5.42. The molecule has 0 bridgehead atoms. The molecule has 1 saturated heterocycles. The van der Waals surface area contributed by atoms with E-state index in [0.717, 1.165) is 36.6 Å². The number of rotatable bonds is 4. The van der Waals surface area contributed by atoms with E-state index in [-0.39, 0.29) is 17.6 Å². The summed E-state index contributed by atoms with van der Waals surface area (Å²) in [5.41, 5.74) is 0.912. The quantitative estimate of drug-likeness (QED) is 0.942. The largest absolute Gasteiger partial charge is 0.352 e. The van der Waals surface area contributed by atoms with Crippen LogP contribution < -0.4 is 10.2 Å². The molecule has 1 amide bonds. The summed E-state index contributed by atoms with van der Waals surface area (Å²) in [5, 5.41) is 5.95. The van der Waals surface area contributed by atoms with E-state index in [1.54, 1.807) is 23.5 Å².